The van der Waals surface area contributed by atoms with Crippen molar-refractivity contribution in [3.8, 4) is 0 Å². The molecule has 1 heterocycles. The van der Waals surface area contributed by atoms with Crippen LogP contribution in [0.1, 0.15) is 69.8 Å². The van der Waals surface area contributed by atoms with Crippen molar-refractivity contribution in [2.75, 3.05) is 19.6 Å². The van der Waals surface area contributed by atoms with Crippen LogP contribution in [0.15, 0.2) is 6.07 Å². The highest BCUT2D eigenvalue weighted by Crippen LogP contribution is 2.08. The minimum absolute atomic E-state index is 0.0436. The molecule has 0 fully saturated rings. The van der Waals surface area contributed by atoms with Crippen LogP contribution in [0.25, 0.3) is 0 Å². The van der Waals surface area contributed by atoms with Crippen LogP contribution in [0.2, 0.25) is 0 Å². The Morgan fingerprint density at radius 2 is 1.88 bits per heavy atom. The number of hydrogen-bond donors (Lipinski definition) is 2. The average molecular weight is 353 g/mol. The first-order chi connectivity index (χ1) is 12.0. The molecule has 0 radical (unpaired) electrons. The van der Waals surface area contributed by atoms with E-state index in [1.165, 1.54) is 25.7 Å². The summed E-state index contributed by atoms with van der Waals surface area (Å²) < 4.78 is 0. The summed E-state index contributed by atoms with van der Waals surface area (Å²) in [5.74, 6) is -0.669. The van der Waals surface area contributed by atoms with Gasteiger partial charge in [0, 0.05) is 12.6 Å². The van der Waals surface area contributed by atoms with Gasteiger partial charge in [0.1, 0.15) is 0 Å². The van der Waals surface area contributed by atoms with E-state index in [1.807, 2.05) is 6.92 Å². The summed E-state index contributed by atoms with van der Waals surface area (Å²) in [6.45, 7) is 9.16. The van der Waals surface area contributed by atoms with Crippen LogP contribution in [0.3, 0.4) is 0 Å². The summed E-state index contributed by atoms with van der Waals surface area (Å²) >= 11 is 0. The molecule has 0 bridgehead atoms. The van der Waals surface area contributed by atoms with Gasteiger partial charge in [0.15, 0.2) is 5.69 Å². The second-order valence-electron chi connectivity index (χ2n) is 6.48. The molecule has 1 atom stereocenters. The molecule has 1 aromatic rings. The third-order valence-corrected chi connectivity index (χ3v) is 4.06. The minimum Gasteiger partial charge on any atom is -0.358 e. The molecular weight excluding hydrogens is 322 g/mol. The molecule has 1 unspecified atom stereocenters. The van der Waals surface area contributed by atoms with Crippen LogP contribution in [-0.2, 0) is 0 Å². The first-order valence-corrected chi connectivity index (χ1v) is 9.20. The average Bonchev–Trinajstić information content (AvgIpc) is 3.05. The van der Waals surface area contributed by atoms with Crippen LogP contribution in [0.4, 0.5) is 5.82 Å². The first kappa shape index (κ1) is 21.1. The zero-order chi connectivity index (χ0) is 18.7. The lowest BCUT2D eigenvalue weighted by Gasteiger charge is -2.26. The zero-order valence-corrected chi connectivity index (χ0v) is 15.6. The third kappa shape index (κ3) is 8.11. The molecule has 0 aliphatic rings. The van der Waals surface area contributed by atoms with Crippen molar-refractivity contribution in [1.82, 2.24) is 20.4 Å². The number of nitrogens with zero attached hydrogens (tertiary/aromatic N) is 3. The Balaban J connectivity index is 2.51. The molecule has 8 heteroatoms. The number of rotatable bonds is 13. The Kier molecular flexibility index (Phi) is 9.76. The lowest BCUT2D eigenvalue weighted by molar-refractivity contribution is -0.389. The maximum Gasteiger partial charge on any atom is 0.343 e. The number of aromatic amines is 1. The van der Waals surface area contributed by atoms with Gasteiger partial charge in [-0.2, -0.15) is 0 Å². The van der Waals surface area contributed by atoms with Crippen LogP contribution in [0.5, 0.6) is 0 Å². The van der Waals surface area contributed by atoms with E-state index in [4.69, 9.17) is 0 Å². The lowest BCUT2D eigenvalue weighted by Crippen LogP contribution is -2.42. The number of carbonyl (C=O) groups is 1. The number of aromatic nitrogens is 2. The van der Waals surface area contributed by atoms with Crippen molar-refractivity contribution in [2.45, 2.75) is 65.3 Å². The predicted octanol–water partition coefficient (Wildman–Crippen LogP) is 3.12. The molecule has 25 heavy (non-hydrogen) atoms. The highest BCUT2D eigenvalue weighted by atomic mass is 16.6. The SMILES string of the molecule is CCCCCN(CCCCC)CC(C)NC(=O)c1cc([N+](=O)[O-])[nH]n1. The monoisotopic (exact) mass is 353 g/mol. The Morgan fingerprint density at radius 1 is 1.28 bits per heavy atom. The molecule has 1 rings (SSSR count). The Labute approximate surface area is 149 Å². The topological polar surface area (TPSA) is 104 Å². The number of nitro groups is 1. The quantitative estimate of drug-likeness (QED) is 0.322. The molecular formula is C17H31N5O3. The Hall–Kier alpha value is -1.96. The van der Waals surface area contributed by atoms with Crippen molar-refractivity contribution >= 4 is 11.7 Å². The fourth-order valence-electron chi connectivity index (χ4n) is 2.72. The maximum absolute atomic E-state index is 12.2. The van der Waals surface area contributed by atoms with E-state index >= 15 is 0 Å². The van der Waals surface area contributed by atoms with Crippen LogP contribution in [0, 0.1) is 10.1 Å². The second kappa shape index (κ2) is 11.6. The van der Waals surface area contributed by atoms with Gasteiger partial charge in [0.2, 0.25) is 0 Å². The van der Waals surface area contributed by atoms with Gasteiger partial charge in [-0.3, -0.25) is 4.79 Å². The zero-order valence-electron chi connectivity index (χ0n) is 15.6. The van der Waals surface area contributed by atoms with E-state index in [-0.39, 0.29) is 23.5 Å². The van der Waals surface area contributed by atoms with E-state index in [0.717, 1.165) is 38.5 Å². The third-order valence-electron chi connectivity index (χ3n) is 4.06. The largest absolute Gasteiger partial charge is 0.358 e. The molecule has 0 saturated carbocycles. The van der Waals surface area contributed by atoms with E-state index in [9.17, 15) is 14.9 Å². The molecule has 0 saturated heterocycles. The second-order valence-corrected chi connectivity index (χ2v) is 6.48. The number of amides is 1. The molecule has 0 aliphatic carbocycles. The van der Waals surface area contributed by atoms with Gasteiger partial charge >= 0.3 is 5.82 Å². The maximum atomic E-state index is 12.2. The van der Waals surface area contributed by atoms with E-state index in [1.54, 1.807) is 0 Å². The van der Waals surface area contributed by atoms with Crippen molar-refractivity contribution in [3.05, 3.63) is 21.9 Å². The van der Waals surface area contributed by atoms with Gasteiger partial charge in [-0.25, -0.2) is 0 Å². The Morgan fingerprint density at radius 3 is 2.36 bits per heavy atom. The number of hydrogen-bond acceptors (Lipinski definition) is 5. The summed E-state index contributed by atoms with van der Waals surface area (Å²) in [6, 6.07) is 1.11. The van der Waals surface area contributed by atoms with Crippen molar-refractivity contribution < 1.29 is 9.72 Å². The van der Waals surface area contributed by atoms with Crippen molar-refractivity contribution in [1.29, 1.82) is 0 Å². The van der Waals surface area contributed by atoms with E-state index in [2.05, 4.69) is 34.3 Å². The van der Waals surface area contributed by atoms with E-state index in [0.29, 0.717) is 0 Å². The van der Waals surface area contributed by atoms with Gasteiger partial charge in [-0.15, -0.1) is 5.10 Å². The molecule has 1 amide bonds. The molecule has 2 N–H and O–H groups in total. The molecule has 8 nitrogen and oxygen atoms in total. The summed E-state index contributed by atoms with van der Waals surface area (Å²) in [7, 11) is 0. The fraction of sp³-hybridized carbons (Fsp3) is 0.765. The molecule has 0 spiro atoms. The highest BCUT2D eigenvalue weighted by Gasteiger charge is 2.19. The van der Waals surface area contributed by atoms with Crippen LogP contribution < -0.4 is 5.32 Å². The smallest absolute Gasteiger partial charge is 0.343 e. The molecule has 142 valence electrons. The van der Waals surface area contributed by atoms with Crippen LogP contribution in [-0.4, -0.2) is 51.6 Å². The molecule has 0 aromatic carbocycles. The van der Waals surface area contributed by atoms with Crippen LogP contribution >= 0.6 is 0 Å². The summed E-state index contributed by atoms with van der Waals surface area (Å²) in [5.41, 5.74) is 0.0436. The number of carbonyl (C=O) groups excluding carboxylic acids is 1. The number of nitrogens with one attached hydrogen (secondary N) is 2. The standard InChI is InChI=1S/C17H31N5O3/c1-4-6-8-10-21(11-9-7-5-2)13-14(3)18-17(23)15-12-16(20-19-15)22(24)25/h12,14H,4-11,13H2,1-3H3,(H,18,23)(H,19,20). The minimum atomic E-state index is -0.601. The summed E-state index contributed by atoms with van der Waals surface area (Å²) in [5, 5.41) is 19.5. The molecule has 0 aliphatic heterocycles. The van der Waals surface area contributed by atoms with Gasteiger partial charge in [-0.1, -0.05) is 44.6 Å². The van der Waals surface area contributed by atoms with Gasteiger partial charge < -0.3 is 20.3 Å². The van der Waals surface area contributed by atoms with Crippen molar-refractivity contribution in [2.24, 2.45) is 0 Å². The van der Waals surface area contributed by atoms with Gasteiger partial charge in [0.25, 0.3) is 5.91 Å². The predicted molar refractivity (Wildman–Crippen MR) is 97.7 cm³/mol. The fourth-order valence-corrected chi connectivity index (χ4v) is 2.72. The van der Waals surface area contributed by atoms with Gasteiger partial charge in [0.05, 0.1) is 6.07 Å². The normalized spacial score (nSPS) is 12.3. The lowest BCUT2D eigenvalue weighted by atomic mass is 10.2. The summed E-state index contributed by atoms with van der Waals surface area (Å²) in [4.78, 5) is 24.6. The van der Waals surface area contributed by atoms with E-state index < -0.39 is 4.92 Å². The molecule has 1 aromatic heterocycles. The first-order valence-electron chi connectivity index (χ1n) is 9.20. The Bertz CT molecular complexity index is 522. The van der Waals surface area contributed by atoms with Gasteiger partial charge in [-0.05, 0) is 37.8 Å². The highest BCUT2D eigenvalue weighted by molar-refractivity contribution is 5.92. The van der Waals surface area contributed by atoms with Crippen molar-refractivity contribution in [3.63, 3.8) is 0 Å². The summed E-state index contributed by atoms with van der Waals surface area (Å²) in [6.07, 6.45) is 7.12. The number of H-pyrrole nitrogens is 1. The number of unbranched alkanes of at least 4 members (excludes halogenated alkanes) is 4.